The summed E-state index contributed by atoms with van der Waals surface area (Å²) in [6, 6.07) is 3.89. The lowest BCUT2D eigenvalue weighted by Gasteiger charge is -2.12. The van der Waals surface area contributed by atoms with Crippen molar-refractivity contribution in [2.24, 2.45) is 0 Å². The molecule has 5 heteroatoms. The number of rotatable bonds is 6. The molecule has 0 atom stereocenters. The molecule has 1 aromatic carbocycles. The quantitative estimate of drug-likeness (QED) is 0.862. The first-order valence-electron chi connectivity index (χ1n) is 6.01. The Morgan fingerprint density at radius 2 is 1.83 bits per heavy atom. The molecule has 0 saturated carbocycles. The molecule has 102 valence electrons. The van der Waals surface area contributed by atoms with Crippen LogP contribution in [0.25, 0.3) is 0 Å². The summed E-state index contributed by atoms with van der Waals surface area (Å²) < 4.78 is 31.1. The second kappa shape index (κ2) is 6.20. The SMILES string of the molecule is CCCS(=O)(=O)NCc1cc(C)c(C)cc1OC. The van der Waals surface area contributed by atoms with Crippen molar-refractivity contribution in [1.29, 1.82) is 0 Å². The Bertz CT molecular complexity index is 509. The topological polar surface area (TPSA) is 55.4 Å². The maximum Gasteiger partial charge on any atom is 0.211 e. The van der Waals surface area contributed by atoms with E-state index in [2.05, 4.69) is 4.72 Å². The van der Waals surface area contributed by atoms with E-state index in [0.29, 0.717) is 6.42 Å². The molecule has 0 aliphatic carbocycles. The van der Waals surface area contributed by atoms with Crippen molar-refractivity contribution in [2.75, 3.05) is 12.9 Å². The van der Waals surface area contributed by atoms with E-state index in [9.17, 15) is 8.42 Å². The van der Waals surface area contributed by atoms with Crippen LogP contribution < -0.4 is 9.46 Å². The molecule has 1 aromatic rings. The first kappa shape index (κ1) is 15.0. The number of hydrogen-bond donors (Lipinski definition) is 1. The molecule has 0 fully saturated rings. The third kappa shape index (κ3) is 3.99. The molecule has 0 spiro atoms. The Morgan fingerprint density at radius 3 is 2.39 bits per heavy atom. The molecule has 1 rings (SSSR count). The summed E-state index contributed by atoms with van der Waals surface area (Å²) in [5.74, 6) is 0.873. The Labute approximate surface area is 109 Å². The van der Waals surface area contributed by atoms with Gasteiger partial charge in [-0.3, -0.25) is 0 Å². The molecule has 0 unspecified atom stereocenters. The number of ether oxygens (including phenoxy) is 1. The van der Waals surface area contributed by atoms with Crippen LogP contribution in [0.4, 0.5) is 0 Å². The van der Waals surface area contributed by atoms with Crippen LogP contribution in [0.1, 0.15) is 30.0 Å². The average molecular weight is 271 g/mol. The third-order valence-corrected chi connectivity index (χ3v) is 4.38. The molecule has 0 heterocycles. The van der Waals surface area contributed by atoms with Crippen molar-refractivity contribution >= 4 is 10.0 Å². The van der Waals surface area contributed by atoms with Gasteiger partial charge in [0.15, 0.2) is 0 Å². The normalized spacial score (nSPS) is 11.6. The van der Waals surface area contributed by atoms with Crippen LogP contribution in [-0.2, 0) is 16.6 Å². The monoisotopic (exact) mass is 271 g/mol. The van der Waals surface area contributed by atoms with E-state index >= 15 is 0 Å². The number of methoxy groups -OCH3 is 1. The lowest BCUT2D eigenvalue weighted by atomic mass is 10.1. The van der Waals surface area contributed by atoms with E-state index in [-0.39, 0.29) is 12.3 Å². The van der Waals surface area contributed by atoms with Gasteiger partial charge in [0.2, 0.25) is 10.0 Å². The van der Waals surface area contributed by atoms with Gasteiger partial charge in [-0.15, -0.1) is 0 Å². The predicted molar refractivity (Wildman–Crippen MR) is 73.4 cm³/mol. The van der Waals surface area contributed by atoms with Crippen LogP contribution in [-0.4, -0.2) is 21.3 Å². The van der Waals surface area contributed by atoms with Crippen LogP contribution in [0.5, 0.6) is 5.75 Å². The van der Waals surface area contributed by atoms with Crippen LogP contribution in [0.3, 0.4) is 0 Å². The molecule has 0 aliphatic rings. The second-order valence-corrected chi connectivity index (χ2v) is 6.31. The summed E-state index contributed by atoms with van der Waals surface area (Å²) in [4.78, 5) is 0. The van der Waals surface area contributed by atoms with Gasteiger partial charge in [0.1, 0.15) is 5.75 Å². The highest BCUT2D eigenvalue weighted by atomic mass is 32.2. The van der Waals surface area contributed by atoms with Crippen LogP contribution in [0.15, 0.2) is 12.1 Å². The Kier molecular flexibility index (Phi) is 5.16. The molecule has 1 N–H and O–H groups in total. The van der Waals surface area contributed by atoms with Gasteiger partial charge in [-0.1, -0.05) is 13.0 Å². The van der Waals surface area contributed by atoms with E-state index in [0.717, 1.165) is 22.4 Å². The maximum absolute atomic E-state index is 11.6. The number of sulfonamides is 1. The Balaban J connectivity index is 2.88. The minimum Gasteiger partial charge on any atom is -0.496 e. The summed E-state index contributed by atoms with van der Waals surface area (Å²) in [5, 5.41) is 0. The molecule has 0 saturated heterocycles. The summed E-state index contributed by atoms with van der Waals surface area (Å²) in [5.41, 5.74) is 3.12. The Morgan fingerprint density at radius 1 is 1.22 bits per heavy atom. The van der Waals surface area contributed by atoms with Crippen molar-refractivity contribution in [2.45, 2.75) is 33.7 Å². The van der Waals surface area contributed by atoms with Crippen molar-refractivity contribution in [1.82, 2.24) is 4.72 Å². The first-order chi connectivity index (χ1) is 8.39. The molecule has 4 nitrogen and oxygen atoms in total. The summed E-state index contributed by atoms with van der Waals surface area (Å²) in [6.07, 6.45) is 0.611. The standard InChI is InChI=1S/C13H21NO3S/c1-5-6-18(15,16)14-9-12-7-10(2)11(3)8-13(12)17-4/h7-8,14H,5-6,9H2,1-4H3. The number of aryl methyl sites for hydroxylation is 2. The van der Waals surface area contributed by atoms with Crippen LogP contribution >= 0.6 is 0 Å². The van der Waals surface area contributed by atoms with Gasteiger partial charge in [0, 0.05) is 12.1 Å². The molecular formula is C13H21NO3S. The highest BCUT2D eigenvalue weighted by Gasteiger charge is 2.11. The lowest BCUT2D eigenvalue weighted by molar-refractivity contribution is 0.408. The summed E-state index contributed by atoms with van der Waals surface area (Å²) in [6.45, 7) is 6.12. The van der Waals surface area contributed by atoms with E-state index in [1.807, 2.05) is 32.9 Å². The molecule has 0 radical (unpaired) electrons. The van der Waals surface area contributed by atoms with E-state index in [1.165, 1.54) is 0 Å². The largest absolute Gasteiger partial charge is 0.496 e. The third-order valence-electron chi connectivity index (χ3n) is 2.85. The maximum atomic E-state index is 11.6. The van der Waals surface area contributed by atoms with Gasteiger partial charge in [0.25, 0.3) is 0 Å². The van der Waals surface area contributed by atoms with Crippen molar-refractivity contribution in [3.63, 3.8) is 0 Å². The number of nitrogens with one attached hydrogen (secondary N) is 1. The van der Waals surface area contributed by atoms with E-state index < -0.39 is 10.0 Å². The zero-order valence-corrected chi connectivity index (χ0v) is 12.2. The van der Waals surface area contributed by atoms with Gasteiger partial charge in [0.05, 0.1) is 12.9 Å². The Hall–Kier alpha value is -1.07. The van der Waals surface area contributed by atoms with E-state index in [1.54, 1.807) is 7.11 Å². The summed E-state index contributed by atoms with van der Waals surface area (Å²) in [7, 11) is -1.59. The molecular weight excluding hydrogens is 250 g/mol. The van der Waals surface area contributed by atoms with Gasteiger partial charge < -0.3 is 4.74 Å². The smallest absolute Gasteiger partial charge is 0.211 e. The zero-order valence-electron chi connectivity index (χ0n) is 11.4. The van der Waals surface area contributed by atoms with Gasteiger partial charge in [-0.25, -0.2) is 13.1 Å². The predicted octanol–water partition coefficient (Wildman–Crippen LogP) is 2.14. The molecule has 0 bridgehead atoms. The van der Waals surface area contributed by atoms with Gasteiger partial charge in [-0.05, 0) is 37.5 Å². The van der Waals surface area contributed by atoms with Gasteiger partial charge >= 0.3 is 0 Å². The molecule has 18 heavy (non-hydrogen) atoms. The first-order valence-corrected chi connectivity index (χ1v) is 7.66. The fourth-order valence-corrected chi connectivity index (χ4v) is 2.76. The zero-order chi connectivity index (χ0) is 13.8. The van der Waals surface area contributed by atoms with Gasteiger partial charge in [-0.2, -0.15) is 0 Å². The fourth-order valence-electron chi connectivity index (χ4n) is 1.71. The number of benzene rings is 1. The molecule has 0 aliphatic heterocycles. The highest BCUT2D eigenvalue weighted by molar-refractivity contribution is 7.89. The highest BCUT2D eigenvalue weighted by Crippen LogP contribution is 2.23. The van der Waals surface area contributed by atoms with Crippen LogP contribution in [0.2, 0.25) is 0 Å². The minimum absolute atomic E-state index is 0.153. The van der Waals surface area contributed by atoms with Crippen molar-refractivity contribution in [3.8, 4) is 5.75 Å². The molecule has 0 amide bonds. The summed E-state index contributed by atoms with van der Waals surface area (Å²) >= 11 is 0. The number of hydrogen-bond acceptors (Lipinski definition) is 3. The van der Waals surface area contributed by atoms with Crippen LogP contribution in [0, 0.1) is 13.8 Å². The molecule has 0 aromatic heterocycles. The van der Waals surface area contributed by atoms with E-state index in [4.69, 9.17) is 4.74 Å². The van der Waals surface area contributed by atoms with Crippen molar-refractivity contribution < 1.29 is 13.2 Å². The minimum atomic E-state index is -3.18. The average Bonchev–Trinajstić information content (AvgIpc) is 2.30. The fraction of sp³-hybridized carbons (Fsp3) is 0.538. The second-order valence-electron chi connectivity index (χ2n) is 4.39. The lowest BCUT2D eigenvalue weighted by Crippen LogP contribution is -2.25. The van der Waals surface area contributed by atoms with Crippen molar-refractivity contribution in [3.05, 3.63) is 28.8 Å².